The highest BCUT2D eigenvalue weighted by atomic mass is 16.5. The molecule has 1 fully saturated rings. The first-order chi connectivity index (χ1) is 8.95. The van der Waals surface area contributed by atoms with Gasteiger partial charge in [-0.1, -0.05) is 19.0 Å². The van der Waals surface area contributed by atoms with E-state index in [1.165, 1.54) is 0 Å². The summed E-state index contributed by atoms with van der Waals surface area (Å²) in [6, 6.07) is 0. The van der Waals surface area contributed by atoms with Gasteiger partial charge in [0.2, 0.25) is 5.91 Å². The highest BCUT2D eigenvalue weighted by Gasteiger charge is 2.33. The van der Waals surface area contributed by atoms with Crippen molar-refractivity contribution in [2.45, 2.75) is 39.7 Å². The van der Waals surface area contributed by atoms with Gasteiger partial charge in [0.05, 0.1) is 12.0 Å². The van der Waals surface area contributed by atoms with Crippen molar-refractivity contribution in [1.82, 2.24) is 4.90 Å². The Morgan fingerprint density at radius 3 is 2.74 bits per heavy atom. The summed E-state index contributed by atoms with van der Waals surface area (Å²) in [7, 11) is 0. The average Bonchev–Trinajstić information content (AvgIpc) is 2.78. The van der Waals surface area contributed by atoms with Crippen LogP contribution >= 0.6 is 0 Å². The first-order valence-electron chi connectivity index (χ1n) is 6.82. The Balaban J connectivity index is 2.64. The third-order valence-corrected chi connectivity index (χ3v) is 3.36. The Hall–Kier alpha value is -1.30. The van der Waals surface area contributed by atoms with Gasteiger partial charge in [-0.2, -0.15) is 0 Å². The maximum absolute atomic E-state index is 12.5. The molecule has 0 radical (unpaired) electrons. The van der Waals surface area contributed by atoms with E-state index >= 15 is 0 Å². The third-order valence-electron chi connectivity index (χ3n) is 3.36. The molecule has 0 saturated carbocycles. The molecule has 2 unspecified atom stereocenters. The van der Waals surface area contributed by atoms with Crippen molar-refractivity contribution in [2.24, 2.45) is 22.7 Å². The van der Waals surface area contributed by atoms with Crippen LogP contribution in [0.5, 0.6) is 0 Å². The maximum Gasteiger partial charge on any atom is 0.228 e. The van der Waals surface area contributed by atoms with E-state index in [0.717, 1.165) is 6.42 Å². The molecule has 0 aromatic heterocycles. The van der Waals surface area contributed by atoms with E-state index in [1.807, 2.05) is 6.92 Å². The summed E-state index contributed by atoms with van der Waals surface area (Å²) in [4.78, 5) is 14.3. The number of amides is 1. The number of amidine groups is 1. The smallest absolute Gasteiger partial charge is 0.228 e. The van der Waals surface area contributed by atoms with Gasteiger partial charge >= 0.3 is 0 Å². The van der Waals surface area contributed by atoms with Crippen molar-refractivity contribution >= 4 is 11.7 Å². The molecule has 19 heavy (non-hydrogen) atoms. The van der Waals surface area contributed by atoms with Gasteiger partial charge in [0.1, 0.15) is 5.84 Å². The number of carbonyl (C=O) groups excluding carboxylic acids is 1. The van der Waals surface area contributed by atoms with Gasteiger partial charge in [-0.15, -0.1) is 0 Å². The van der Waals surface area contributed by atoms with Crippen LogP contribution in [0.2, 0.25) is 0 Å². The number of hydrogen-bond acceptors (Lipinski definition) is 4. The minimum atomic E-state index is -0.0639. The van der Waals surface area contributed by atoms with Gasteiger partial charge in [0.25, 0.3) is 0 Å². The molecule has 0 bridgehead atoms. The highest BCUT2D eigenvalue weighted by molar-refractivity contribution is 5.82. The van der Waals surface area contributed by atoms with E-state index in [1.54, 1.807) is 4.90 Å². The van der Waals surface area contributed by atoms with E-state index in [2.05, 4.69) is 19.0 Å². The second-order valence-corrected chi connectivity index (χ2v) is 5.49. The number of nitrogens with zero attached hydrogens (tertiary/aromatic N) is 2. The second kappa shape index (κ2) is 7.33. The fraction of sp³-hybridized carbons (Fsp3) is 0.846. The molecule has 1 amide bonds. The topological polar surface area (TPSA) is 88.1 Å². The number of oxime groups is 1. The van der Waals surface area contributed by atoms with Crippen LogP contribution in [0.1, 0.15) is 33.6 Å². The average molecular weight is 271 g/mol. The predicted molar refractivity (Wildman–Crippen MR) is 73.0 cm³/mol. The van der Waals surface area contributed by atoms with Crippen LogP contribution in [-0.4, -0.2) is 47.7 Å². The van der Waals surface area contributed by atoms with E-state index in [4.69, 9.17) is 15.7 Å². The molecule has 0 spiro atoms. The Morgan fingerprint density at radius 1 is 1.58 bits per heavy atom. The van der Waals surface area contributed by atoms with E-state index < -0.39 is 0 Å². The van der Waals surface area contributed by atoms with E-state index in [-0.39, 0.29) is 23.8 Å². The molecular formula is C13H25N3O3. The summed E-state index contributed by atoms with van der Waals surface area (Å²) in [6.07, 6.45) is 1.14. The Morgan fingerprint density at radius 2 is 2.26 bits per heavy atom. The number of carbonyl (C=O) groups is 1. The summed E-state index contributed by atoms with van der Waals surface area (Å²) in [5.74, 6) is 0.585. The van der Waals surface area contributed by atoms with E-state index in [9.17, 15) is 4.79 Å². The molecule has 6 nitrogen and oxygen atoms in total. The molecule has 0 aromatic carbocycles. The zero-order valence-electron chi connectivity index (χ0n) is 12.0. The molecule has 1 saturated heterocycles. The summed E-state index contributed by atoms with van der Waals surface area (Å²) < 4.78 is 5.45. The second-order valence-electron chi connectivity index (χ2n) is 5.49. The summed E-state index contributed by atoms with van der Waals surface area (Å²) in [6.45, 7) is 7.88. The maximum atomic E-state index is 12.5. The van der Waals surface area contributed by atoms with Crippen LogP contribution in [0.4, 0.5) is 0 Å². The lowest BCUT2D eigenvalue weighted by Crippen LogP contribution is -2.42. The summed E-state index contributed by atoms with van der Waals surface area (Å²) >= 11 is 0. The van der Waals surface area contributed by atoms with Crippen molar-refractivity contribution in [3.63, 3.8) is 0 Å². The van der Waals surface area contributed by atoms with Gasteiger partial charge in [0, 0.05) is 26.1 Å². The number of nitrogens with two attached hydrogens (primary N) is 1. The lowest BCUT2D eigenvalue weighted by molar-refractivity contribution is -0.137. The molecule has 1 aliphatic heterocycles. The monoisotopic (exact) mass is 271 g/mol. The van der Waals surface area contributed by atoms with Crippen LogP contribution in [0, 0.1) is 11.8 Å². The van der Waals surface area contributed by atoms with Gasteiger partial charge < -0.3 is 20.6 Å². The molecule has 1 rings (SSSR count). The normalized spacial score (nSPS) is 23.9. The Labute approximate surface area is 114 Å². The Kier molecular flexibility index (Phi) is 6.08. The van der Waals surface area contributed by atoms with Crippen molar-refractivity contribution in [2.75, 3.05) is 19.7 Å². The first kappa shape index (κ1) is 15.8. The predicted octanol–water partition coefficient (Wildman–Crippen LogP) is 1.03. The Bertz CT molecular complexity index is 331. The lowest BCUT2D eigenvalue weighted by atomic mass is 10.00. The molecule has 0 aliphatic carbocycles. The molecule has 1 aliphatic rings. The summed E-state index contributed by atoms with van der Waals surface area (Å²) in [5.41, 5.74) is 5.47. The number of rotatable bonds is 6. The highest BCUT2D eigenvalue weighted by Crippen LogP contribution is 2.23. The van der Waals surface area contributed by atoms with Gasteiger partial charge in [0.15, 0.2) is 0 Å². The molecule has 0 aromatic rings. The zero-order valence-corrected chi connectivity index (χ0v) is 12.0. The minimum Gasteiger partial charge on any atom is -0.409 e. The van der Waals surface area contributed by atoms with Gasteiger partial charge in [-0.3, -0.25) is 4.79 Å². The third kappa shape index (κ3) is 4.70. The molecule has 1 heterocycles. The fourth-order valence-electron chi connectivity index (χ4n) is 2.32. The van der Waals surface area contributed by atoms with Gasteiger partial charge in [-0.25, -0.2) is 0 Å². The van der Waals surface area contributed by atoms with E-state index in [0.29, 0.717) is 32.0 Å². The lowest BCUT2D eigenvalue weighted by Gasteiger charge is -2.28. The van der Waals surface area contributed by atoms with Crippen molar-refractivity contribution in [3.8, 4) is 0 Å². The SMILES string of the molecule is CC(C)CN(CCC(N)=NO)C(=O)C1CCOC1C. The standard InChI is InChI=1S/C13H25N3O3/c1-9(2)8-16(6-4-12(14)15-18)13(17)11-5-7-19-10(11)3/h9-11,18H,4-8H2,1-3H3,(H2,14,15). The van der Waals surface area contributed by atoms with Crippen LogP contribution in [0.3, 0.4) is 0 Å². The van der Waals surface area contributed by atoms with Crippen molar-refractivity contribution < 1.29 is 14.7 Å². The molecule has 3 N–H and O–H groups in total. The van der Waals surface area contributed by atoms with Gasteiger partial charge in [-0.05, 0) is 19.3 Å². The summed E-state index contributed by atoms with van der Waals surface area (Å²) in [5, 5.41) is 11.5. The quantitative estimate of drug-likeness (QED) is 0.327. The number of hydrogen-bond donors (Lipinski definition) is 2. The molecule has 6 heteroatoms. The minimum absolute atomic E-state index is 0.0222. The molecule has 110 valence electrons. The largest absolute Gasteiger partial charge is 0.409 e. The van der Waals surface area contributed by atoms with Crippen LogP contribution in [-0.2, 0) is 9.53 Å². The van der Waals surface area contributed by atoms with Crippen LogP contribution < -0.4 is 5.73 Å². The number of ether oxygens (including phenoxy) is 1. The van der Waals surface area contributed by atoms with Crippen molar-refractivity contribution in [1.29, 1.82) is 0 Å². The zero-order chi connectivity index (χ0) is 14.4. The molecular weight excluding hydrogens is 246 g/mol. The first-order valence-corrected chi connectivity index (χ1v) is 6.82. The molecule has 2 atom stereocenters. The van der Waals surface area contributed by atoms with Crippen molar-refractivity contribution in [3.05, 3.63) is 0 Å². The van der Waals surface area contributed by atoms with Crippen LogP contribution in [0.15, 0.2) is 5.16 Å². The van der Waals surface area contributed by atoms with Crippen LogP contribution in [0.25, 0.3) is 0 Å². The fourth-order valence-corrected chi connectivity index (χ4v) is 2.32.